The summed E-state index contributed by atoms with van der Waals surface area (Å²) in [6.07, 6.45) is 0. The predicted octanol–water partition coefficient (Wildman–Crippen LogP) is 12.7. The molecule has 0 radical (unpaired) electrons. The molecule has 0 saturated heterocycles. The molecule has 0 unspecified atom stereocenters. The van der Waals surface area contributed by atoms with Crippen LogP contribution in [-0.2, 0) is 0 Å². The quantitative estimate of drug-likeness (QED) is 0.216. The van der Waals surface area contributed by atoms with Crippen LogP contribution >= 0.6 is 93.5 Å². The van der Waals surface area contributed by atoms with E-state index in [0.29, 0.717) is 0 Å². The first-order valence-corrected chi connectivity index (χ1v) is 16.2. The van der Waals surface area contributed by atoms with Gasteiger partial charge < -0.3 is 0 Å². The Morgan fingerprint density at radius 1 is 0.289 bits per heavy atom. The summed E-state index contributed by atoms with van der Waals surface area (Å²) in [4.78, 5) is 4.85. The Balaban J connectivity index is 1.41. The summed E-state index contributed by atoms with van der Waals surface area (Å²) in [5, 5.41) is 2.90. The second kappa shape index (κ2) is 11.6. The SMILES string of the molecule is Clc1ccc(C2=C(c3ccc(Cl)cc3)SC(=C3SC(c4ccc(Cl)cc4)=C(c4ccc(Cl)cc4)S3)S2)cc1. The fourth-order valence-electron chi connectivity index (χ4n) is 3.93. The van der Waals surface area contributed by atoms with Gasteiger partial charge in [-0.05, 0) is 70.8 Å². The average Bonchev–Trinajstić information content (AvgIpc) is 3.56. The minimum atomic E-state index is 0.725. The molecule has 188 valence electrons. The highest BCUT2D eigenvalue weighted by atomic mass is 35.5. The Morgan fingerprint density at radius 2 is 0.474 bits per heavy atom. The monoisotopic (exact) mass is 644 g/mol. The smallest absolute Gasteiger partial charge is 0.0707 e. The van der Waals surface area contributed by atoms with Crippen molar-refractivity contribution in [2.75, 3.05) is 0 Å². The van der Waals surface area contributed by atoms with Gasteiger partial charge in [-0.2, -0.15) is 0 Å². The first kappa shape index (κ1) is 26.9. The maximum Gasteiger partial charge on any atom is 0.0707 e. The number of halogens is 4. The van der Waals surface area contributed by atoms with Gasteiger partial charge in [0.05, 0.1) is 8.47 Å². The lowest BCUT2D eigenvalue weighted by Crippen LogP contribution is -1.82. The van der Waals surface area contributed by atoms with E-state index in [-0.39, 0.29) is 0 Å². The number of hydrogen-bond acceptors (Lipinski definition) is 4. The summed E-state index contributed by atoms with van der Waals surface area (Å²) in [6, 6.07) is 32.2. The van der Waals surface area contributed by atoms with Crippen LogP contribution in [0.3, 0.4) is 0 Å². The van der Waals surface area contributed by atoms with Gasteiger partial charge in [0.25, 0.3) is 0 Å². The summed E-state index contributed by atoms with van der Waals surface area (Å²) in [5.41, 5.74) is 4.57. The van der Waals surface area contributed by atoms with Gasteiger partial charge in [0, 0.05) is 39.7 Å². The van der Waals surface area contributed by atoms with E-state index in [4.69, 9.17) is 46.4 Å². The van der Waals surface area contributed by atoms with Crippen molar-refractivity contribution in [3.8, 4) is 0 Å². The highest BCUT2D eigenvalue weighted by Crippen LogP contribution is 2.66. The molecule has 38 heavy (non-hydrogen) atoms. The highest BCUT2D eigenvalue weighted by molar-refractivity contribution is 8.39. The standard InChI is InChI=1S/C30H16Cl4S4/c31-21-9-1-17(2-10-21)25-26(18-3-11-22(32)12-4-18)36-29(35-25)30-37-27(19-5-13-23(33)14-6-19)28(38-30)20-7-15-24(34)16-8-20/h1-16H. The van der Waals surface area contributed by atoms with Crippen molar-refractivity contribution in [1.29, 1.82) is 0 Å². The average molecular weight is 647 g/mol. The molecule has 2 aliphatic rings. The summed E-state index contributed by atoms with van der Waals surface area (Å²) >= 11 is 32.1. The van der Waals surface area contributed by atoms with E-state index in [0.717, 1.165) is 42.3 Å². The van der Waals surface area contributed by atoms with Gasteiger partial charge in [-0.15, -0.1) is 0 Å². The molecule has 8 heteroatoms. The Bertz CT molecular complexity index is 1360. The molecular formula is C30H16Cl4S4. The summed E-state index contributed by atoms with van der Waals surface area (Å²) < 4.78 is 2.51. The van der Waals surface area contributed by atoms with E-state index in [9.17, 15) is 0 Å². The van der Waals surface area contributed by atoms with Gasteiger partial charge in [0.1, 0.15) is 0 Å². The Labute approximate surface area is 258 Å². The minimum absolute atomic E-state index is 0.725. The fourth-order valence-corrected chi connectivity index (χ4v) is 10.2. The molecule has 0 nitrogen and oxygen atoms in total. The molecule has 0 atom stereocenters. The Hall–Kier alpha value is -1.34. The highest BCUT2D eigenvalue weighted by Gasteiger charge is 2.32. The Morgan fingerprint density at radius 3 is 0.658 bits per heavy atom. The van der Waals surface area contributed by atoms with Crippen LogP contribution in [0, 0.1) is 0 Å². The minimum Gasteiger partial charge on any atom is -0.0843 e. The maximum absolute atomic E-state index is 6.21. The molecule has 4 aromatic rings. The van der Waals surface area contributed by atoms with Crippen molar-refractivity contribution in [3.63, 3.8) is 0 Å². The normalized spacial score (nSPS) is 15.7. The van der Waals surface area contributed by atoms with E-state index in [1.165, 1.54) is 28.1 Å². The third kappa shape index (κ3) is 5.75. The molecular weight excluding hydrogens is 630 g/mol. The number of thioether (sulfide) groups is 4. The van der Waals surface area contributed by atoms with E-state index in [1.807, 2.05) is 95.6 Å². The van der Waals surface area contributed by atoms with E-state index in [1.54, 1.807) is 0 Å². The van der Waals surface area contributed by atoms with E-state index >= 15 is 0 Å². The summed E-state index contributed by atoms with van der Waals surface area (Å²) in [5.74, 6) is 0. The first-order valence-electron chi connectivity index (χ1n) is 11.4. The van der Waals surface area contributed by atoms with E-state index in [2.05, 4.69) is 48.5 Å². The van der Waals surface area contributed by atoms with Crippen LogP contribution in [0.25, 0.3) is 19.6 Å². The van der Waals surface area contributed by atoms with Crippen LogP contribution in [0.5, 0.6) is 0 Å². The van der Waals surface area contributed by atoms with Crippen molar-refractivity contribution >= 4 is 113 Å². The van der Waals surface area contributed by atoms with Crippen molar-refractivity contribution in [1.82, 2.24) is 0 Å². The molecule has 0 saturated carbocycles. The maximum atomic E-state index is 6.21. The molecule has 0 aromatic heterocycles. The second-order valence-electron chi connectivity index (χ2n) is 8.33. The van der Waals surface area contributed by atoms with Gasteiger partial charge in [-0.1, -0.05) is 142 Å². The lowest BCUT2D eigenvalue weighted by molar-refractivity contribution is 1.63. The third-order valence-electron chi connectivity index (χ3n) is 5.78. The molecule has 0 N–H and O–H groups in total. The van der Waals surface area contributed by atoms with Crippen LogP contribution in [0.1, 0.15) is 22.3 Å². The number of benzene rings is 4. The molecule has 2 heterocycles. The van der Waals surface area contributed by atoms with Gasteiger partial charge in [0.2, 0.25) is 0 Å². The van der Waals surface area contributed by atoms with Gasteiger partial charge >= 0.3 is 0 Å². The molecule has 0 aliphatic carbocycles. The molecule has 2 aliphatic heterocycles. The van der Waals surface area contributed by atoms with E-state index < -0.39 is 0 Å². The molecule has 6 rings (SSSR count). The largest absolute Gasteiger partial charge is 0.0843 e. The zero-order valence-corrected chi connectivity index (χ0v) is 25.7. The van der Waals surface area contributed by atoms with Gasteiger partial charge in [0.15, 0.2) is 0 Å². The van der Waals surface area contributed by atoms with Crippen molar-refractivity contribution in [3.05, 3.63) is 148 Å². The lowest BCUT2D eigenvalue weighted by Gasteiger charge is -2.06. The third-order valence-corrected chi connectivity index (χ3v) is 12.7. The number of rotatable bonds is 4. The summed E-state index contributed by atoms with van der Waals surface area (Å²) in [7, 11) is 0. The zero-order chi connectivity index (χ0) is 26.2. The fraction of sp³-hybridized carbons (Fsp3) is 0. The van der Waals surface area contributed by atoms with Crippen molar-refractivity contribution in [2.45, 2.75) is 0 Å². The summed E-state index contributed by atoms with van der Waals surface area (Å²) in [6.45, 7) is 0. The molecule has 0 spiro atoms. The van der Waals surface area contributed by atoms with Crippen molar-refractivity contribution < 1.29 is 0 Å². The second-order valence-corrected chi connectivity index (χ2v) is 14.7. The first-order chi connectivity index (χ1) is 18.4. The predicted molar refractivity (Wildman–Crippen MR) is 177 cm³/mol. The Kier molecular flexibility index (Phi) is 8.23. The topological polar surface area (TPSA) is 0 Å². The molecule has 4 aromatic carbocycles. The van der Waals surface area contributed by atoms with Gasteiger partial charge in [-0.25, -0.2) is 0 Å². The van der Waals surface area contributed by atoms with Crippen LogP contribution in [0.2, 0.25) is 20.1 Å². The van der Waals surface area contributed by atoms with Crippen LogP contribution < -0.4 is 0 Å². The van der Waals surface area contributed by atoms with Crippen LogP contribution in [0.15, 0.2) is 106 Å². The van der Waals surface area contributed by atoms with Crippen LogP contribution in [0.4, 0.5) is 0 Å². The number of hydrogen-bond donors (Lipinski definition) is 0. The lowest BCUT2D eigenvalue weighted by atomic mass is 10.1. The zero-order valence-electron chi connectivity index (χ0n) is 19.4. The molecule has 0 fully saturated rings. The van der Waals surface area contributed by atoms with Gasteiger partial charge in [-0.3, -0.25) is 0 Å². The molecule has 0 amide bonds. The van der Waals surface area contributed by atoms with Crippen molar-refractivity contribution in [2.24, 2.45) is 0 Å². The van der Waals surface area contributed by atoms with Crippen LogP contribution in [-0.4, -0.2) is 0 Å². The molecule has 0 bridgehead atoms.